The summed E-state index contributed by atoms with van der Waals surface area (Å²) in [6.45, 7) is 1.06. The van der Waals surface area contributed by atoms with Gasteiger partial charge in [0.05, 0.1) is 6.54 Å². The van der Waals surface area contributed by atoms with Crippen LogP contribution in [0, 0.1) is 0 Å². The fraction of sp³-hybridized carbons (Fsp3) is 0.429. The van der Waals surface area contributed by atoms with E-state index in [2.05, 4.69) is 0 Å². The van der Waals surface area contributed by atoms with Crippen LogP contribution in [-0.2, 0) is 17.2 Å². The van der Waals surface area contributed by atoms with Gasteiger partial charge in [-0.25, -0.2) is 4.79 Å². The van der Waals surface area contributed by atoms with E-state index in [1.807, 2.05) is 24.3 Å². The number of halogens is 1. The zero-order valence-corrected chi connectivity index (χ0v) is 11.3. The first kappa shape index (κ1) is 12.5. The van der Waals surface area contributed by atoms with E-state index in [1.54, 1.807) is 4.90 Å². The molecule has 0 aromatic heterocycles. The highest BCUT2D eigenvalue weighted by molar-refractivity contribution is 6.17. The Kier molecular flexibility index (Phi) is 3.19. The van der Waals surface area contributed by atoms with Crippen molar-refractivity contribution in [2.75, 3.05) is 6.54 Å². The predicted octanol–water partition coefficient (Wildman–Crippen LogP) is 2.35. The summed E-state index contributed by atoms with van der Waals surface area (Å²) in [5, 5.41) is 0. The van der Waals surface area contributed by atoms with Gasteiger partial charge in [0.1, 0.15) is 6.04 Å². The molecule has 1 atom stereocenters. The van der Waals surface area contributed by atoms with Gasteiger partial charge in [-0.2, -0.15) is 0 Å². The minimum atomic E-state index is -0.213. The predicted molar refractivity (Wildman–Crippen MR) is 71.7 cm³/mol. The maximum absolute atomic E-state index is 12.2. The molecule has 0 spiro atoms. The van der Waals surface area contributed by atoms with Crippen molar-refractivity contribution in [2.24, 2.45) is 0 Å². The number of hydrogen-bond donors (Lipinski definition) is 0. The Morgan fingerprint density at radius 1 is 1.16 bits per heavy atom. The summed E-state index contributed by atoms with van der Waals surface area (Å²) in [6, 6.07) is 7.33. The molecule has 4 nitrogen and oxygen atoms in total. The molecule has 1 aromatic rings. The second-order valence-corrected chi connectivity index (χ2v) is 5.28. The van der Waals surface area contributed by atoms with Crippen LogP contribution in [0.3, 0.4) is 0 Å². The highest BCUT2D eigenvalue weighted by Crippen LogP contribution is 2.28. The summed E-state index contributed by atoms with van der Waals surface area (Å²) in [4.78, 5) is 27.4. The number of carbonyl (C=O) groups is 2. The Bertz CT molecular complexity index is 493. The fourth-order valence-electron chi connectivity index (χ4n) is 2.74. The average Bonchev–Trinajstić information content (AvgIpc) is 3.00. The van der Waals surface area contributed by atoms with Crippen molar-refractivity contribution in [3.8, 4) is 0 Å². The quantitative estimate of drug-likeness (QED) is 0.629. The van der Waals surface area contributed by atoms with E-state index in [-0.39, 0.29) is 18.0 Å². The summed E-state index contributed by atoms with van der Waals surface area (Å²) < 4.78 is 0. The molecule has 5 heteroatoms. The fourth-order valence-corrected chi connectivity index (χ4v) is 2.92. The van der Waals surface area contributed by atoms with Crippen molar-refractivity contribution in [3.63, 3.8) is 0 Å². The second-order valence-electron chi connectivity index (χ2n) is 5.01. The van der Waals surface area contributed by atoms with Gasteiger partial charge in [-0.15, -0.1) is 11.6 Å². The van der Waals surface area contributed by atoms with E-state index in [9.17, 15) is 9.59 Å². The molecule has 2 saturated heterocycles. The minimum absolute atomic E-state index is 0.0519. The van der Waals surface area contributed by atoms with Crippen LogP contribution < -0.4 is 0 Å². The molecule has 0 N–H and O–H groups in total. The van der Waals surface area contributed by atoms with Crippen LogP contribution in [0.2, 0.25) is 0 Å². The zero-order valence-electron chi connectivity index (χ0n) is 10.5. The summed E-state index contributed by atoms with van der Waals surface area (Å²) in [6.07, 6.45) is 1.73. The number of nitrogens with zero attached hydrogens (tertiary/aromatic N) is 2. The van der Waals surface area contributed by atoms with E-state index in [0.29, 0.717) is 19.0 Å². The topological polar surface area (TPSA) is 40.6 Å². The molecule has 0 saturated carbocycles. The third kappa shape index (κ3) is 2.10. The molecule has 0 unspecified atom stereocenters. The van der Waals surface area contributed by atoms with Gasteiger partial charge in [0, 0.05) is 12.4 Å². The molecule has 2 aliphatic heterocycles. The number of benzene rings is 1. The highest BCUT2D eigenvalue weighted by Gasteiger charge is 2.46. The Morgan fingerprint density at radius 2 is 1.84 bits per heavy atom. The average molecular weight is 279 g/mol. The number of rotatable bonds is 3. The van der Waals surface area contributed by atoms with Gasteiger partial charge in [0.2, 0.25) is 0 Å². The Hall–Kier alpha value is -1.55. The van der Waals surface area contributed by atoms with E-state index in [1.165, 1.54) is 4.90 Å². The van der Waals surface area contributed by atoms with Gasteiger partial charge in [0.15, 0.2) is 0 Å². The first-order valence-corrected chi connectivity index (χ1v) is 7.00. The summed E-state index contributed by atoms with van der Waals surface area (Å²) in [5.74, 6) is 0.418. The molecule has 3 rings (SSSR count). The van der Waals surface area contributed by atoms with Crippen LogP contribution in [-0.4, -0.2) is 34.3 Å². The Morgan fingerprint density at radius 3 is 2.47 bits per heavy atom. The number of alkyl halides is 1. The van der Waals surface area contributed by atoms with Crippen molar-refractivity contribution in [3.05, 3.63) is 35.4 Å². The molecule has 0 bridgehead atoms. The Balaban J connectivity index is 1.76. The summed E-state index contributed by atoms with van der Waals surface area (Å²) >= 11 is 5.74. The van der Waals surface area contributed by atoms with Crippen LogP contribution in [0.1, 0.15) is 24.0 Å². The summed E-state index contributed by atoms with van der Waals surface area (Å²) in [7, 11) is 0. The lowest BCUT2D eigenvalue weighted by Crippen LogP contribution is -2.32. The number of fused-ring (bicyclic) bond motifs is 1. The normalized spacial score (nSPS) is 22.3. The Labute approximate surface area is 116 Å². The molecule has 0 aliphatic carbocycles. The molecule has 100 valence electrons. The van der Waals surface area contributed by atoms with Crippen molar-refractivity contribution >= 4 is 23.5 Å². The molecular weight excluding hydrogens is 264 g/mol. The minimum Gasteiger partial charge on any atom is -0.312 e. The lowest BCUT2D eigenvalue weighted by Gasteiger charge is -2.15. The monoisotopic (exact) mass is 278 g/mol. The number of imide groups is 1. The van der Waals surface area contributed by atoms with E-state index in [4.69, 9.17) is 11.6 Å². The maximum Gasteiger partial charge on any atom is 0.327 e. The molecule has 2 fully saturated rings. The van der Waals surface area contributed by atoms with Gasteiger partial charge >= 0.3 is 6.03 Å². The number of urea groups is 1. The standard InChI is InChI=1S/C14H15ClN2O2/c15-8-10-3-5-11(6-4-10)9-17-13(18)12-2-1-7-16(12)14(17)19/h3-6,12H,1-2,7-9H2/t12-/m0/s1. The molecule has 2 heterocycles. The molecule has 0 radical (unpaired) electrons. The van der Waals surface area contributed by atoms with Gasteiger partial charge in [0.25, 0.3) is 5.91 Å². The second kappa shape index (κ2) is 4.85. The maximum atomic E-state index is 12.2. The SMILES string of the molecule is O=C1[C@@H]2CCCN2C(=O)N1Cc1ccc(CCl)cc1. The largest absolute Gasteiger partial charge is 0.327 e. The van der Waals surface area contributed by atoms with E-state index in [0.717, 1.165) is 24.0 Å². The molecule has 2 aliphatic rings. The number of amides is 3. The molecule has 3 amide bonds. The van der Waals surface area contributed by atoms with Crippen molar-refractivity contribution in [2.45, 2.75) is 31.3 Å². The van der Waals surface area contributed by atoms with E-state index < -0.39 is 0 Å². The van der Waals surface area contributed by atoms with Crippen LogP contribution in [0.15, 0.2) is 24.3 Å². The van der Waals surface area contributed by atoms with Gasteiger partial charge in [-0.3, -0.25) is 9.69 Å². The lowest BCUT2D eigenvalue weighted by atomic mass is 10.1. The van der Waals surface area contributed by atoms with Gasteiger partial charge in [-0.05, 0) is 24.0 Å². The van der Waals surface area contributed by atoms with Crippen molar-refractivity contribution in [1.29, 1.82) is 0 Å². The third-order valence-corrected chi connectivity index (χ3v) is 4.11. The summed E-state index contributed by atoms with van der Waals surface area (Å²) in [5.41, 5.74) is 1.99. The van der Waals surface area contributed by atoms with Crippen LogP contribution in [0.5, 0.6) is 0 Å². The molecule has 19 heavy (non-hydrogen) atoms. The molecule has 1 aromatic carbocycles. The molecular formula is C14H15ClN2O2. The number of hydrogen-bond acceptors (Lipinski definition) is 2. The van der Waals surface area contributed by atoms with Crippen LogP contribution >= 0.6 is 11.6 Å². The van der Waals surface area contributed by atoms with Gasteiger partial charge < -0.3 is 4.90 Å². The van der Waals surface area contributed by atoms with Gasteiger partial charge in [-0.1, -0.05) is 24.3 Å². The zero-order chi connectivity index (χ0) is 13.4. The van der Waals surface area contributed by atoms with Crippen LogP contribution in [0.4, 0.5) is 4.79 Å². The van der Waals surface area contributed by atoms with Crippen LogP contribution in [0.25, 0.3) is 0 Å². The number of carbonyl (C=O) groups excluding carboxylic acids is 2. The van der Waals surface area contributed by atoms with E-state index >= 15 is 0 Å². The lowest BCUT2D eigenvalue weighted by molar-refractivity contribution is -0.128. The highest BCUT2D eigenvalue weighted by atomic mass is 35.5. The first-order valence-electron chi connectivity index (χ1n) is 6.46. The first-order chi connectivity index (χ1) is 9.20. The van der Waals surface area contributed by atoms with Crippen molar-refractivity contribution < 1.29 is 9.59 Å². The smallest absolute Gasteiger partial charge is 0.312 e. The van der Waals surface area contributed by atoms with Crippen molar-refractivity contribution in [1.82, 2.24) is 9.80 Å². The third-order valence-electron chi connectivity index (χ3n) is 3.80.